The second kappa shape index (κ2) is 7.22. The molecule has 0 radical (unpaired) electrons. The molecular formula is C19H20F3NO2. The lowest BCUT2D eigenvalue weighted by atomic mass is 10.1. The molecule has 0 N–H and O–H groups in total. The number of carbonyl (C=O) groups is 1. The maximum absolute atomic E-state index is 12.9. The fourth-order valence-corrected chi connectivity index (χ4v) is 2.26. The minimum atomic E-state index is -4.43. The molecule has 1 aliphatic rings. The highest BCUT2D eigenvalue weighted by Gasteiger charge is 2.32. The van der Waals surface area contributed by atoms with E-state index < -0.39 is 23.4 Å². The number of halogens is 3. The van der Waals surface area contributed by atoms with Gasteiger partial charge in [0.2, 0.25) is 0 Å². The summed E-state index contributed by atoms with van der Waals surface area (Å²) in [5.74, 6) is 5.39. The number of hydrogen-bond donors (Lipinski definition) is 0. The van der Waals surface area contributed by atoms with E-state index in [1.807, 2.05) is 0 Å². The van der Waals surface area contributed by atoms with Crippen molar-refractivity contribution in [2.45, 2.75) is 39.0 Å². The van der Waals surface area contributed by atoms with Gasteiger partial charge in [0.05, 0.1) is 5.56 Å². The molecule has 3 nitrogen and oxygen atoms in total. The molecule has 0 atom stereocenters. The van der Waals surface area contributed by atoms with Gasteiger partial charge in [-0.3, -0.25) is 0 Å². The van der Waals surface area contributed by atoms with Crippen molar-refractivity contribution in [1.82, 2.24) is 4.90 Å². The van der Waals surface area contributed by atoms with Crippen molar-refractivity contribution < 1.29 is 22.7 Å². The Morgan fingerprint density at radius 1 is 1.16 bits per heavy atom. The zero-order chi connectivity index (χ0) is 18.7. The van der Waals surface area contributed by atoms with Crippen molar-refractivity contribution in [2.75, 3.05) is 13.1 Å². The molecular weight excluding hydrogens is 331 g/mol. The Balaban J connectivity index is 2.08. The molecule has 134 valence electrons. The van der Waals surface area contributed by atoms with Gasteiger partial charge in [-0.2, -0.15) is 13.2 Å². The average molecular weight is 351 g/mol. The molecule has 0 aromatic heterocycles. The van der Waals surface area contributed by atoms with E-state index in [1.165, 1.54) is 18.2 Å². The predicted octanol–water partition coefficient (Wildman–Crippen LogP) is 4.62. The smallest absolute Gasteiger partial charge is 0.417 e. The summed E-state index contributed by atoms with van der Waals surface area (Å²) in [6.45, 7) is 6.13. The molecule has 0 aliphatic carbocycles. The summed E-state index contributed by atoms with van der Waals surface area (Å²) in [4.78, 5) is 13.5. The van der Waals surface area contributed by atoms with E-state index in [2.05, 4.69) is 11.8 Å². The summed E-state index contributed by atoms with van der Waals surface area (Å²) in [5.41, 5.74) is -0.640. The Labute approximate surface area is 145 Å². The van der Waals surface area contributed by atoms with Crippen LogP contribution in [0.2, 0.25) is 0 Å². The third kappa shape index (κ3) is 5.56. The van der Waals surface area contributed by atoms with E-state index in [0.717, 1.165) is 11.6 Å². The van der Waals surface area contributed by atoms with Gasteiger partial charge in [-0.25, -0.2) is 4.79 Å². The van der Waals surface area contributed by atoms with Gasteiger partial charge < -0.3 is 9.64 Å². The van der Waals surface area contributed by atoms with E-state index >= 15 is 0 Å². The van der Waals surface area contributed by atoms with Gasteiger partial charge in [0.25, 0.3) is 0 Å². The Kier molecular flexibility index (Phi) is 5.46. The lowest BCUT2D eigenvalue weighted by molar-refractivity contribution is -0.137. The lowest BCUT2D eigenvalue weighted by Gasteiger charge is -2.28. The zero-order valence-corrected chi connectivity index (χ0v) is 14.4. The molecule has 1 heterocycles. The Hall–Kier alpha value is -2.42. The van der Waals surface area contributed by atoms with Crippen LogP contribution in [0.1, 0.15) is 38.3 Å². The quantitative estimate of drug-likeness (QED) is 0.638. The molecule has 0 fully saturated rings. The van der Waals surface area contributed by atoms with Crippen molar-refractivity contribution in [2.24, 2.45) is 0 Å². The second-order valence-electron chi connectivity index (χ2n) is 6.70. The zero-order valence-electron chi connectivity index (χ0n) is 14.4. The van der Waals surface area contributed by atoms with Crippen LogP contribution in [-0.4, -0.2) is 29.7 Å². The molecule has 1 aliphatic heterocycles. The van der Waals surface area contributed by atoms with E-state index in [1.54, 1.807) is 31.7 Å². The first kappa shape index (κ1) is 18.9. The number of ether oxygens (including phenoxy) is 1. The highest BCUT2D eigenvalue weighted by molar-refractivity contribution is 5.68. The summed E-state index contributed by atoms with van der Waals surface area (Å²) in [5, 5.41) is 0. The fraction of sp³-hybridized carbons (Fsp3) is 0.421. The summed E-state index contributed by atoms with van der Waals surface area (Å²) in [6, 6.07) is 5.24. The Morgan fingerprint density at radius 3 is 2.40 bits per heavy atom. The normalized spacial score (nSPS) is 15.1. The molecule has 0 bridgehead atoms. The van der Waals surface area contributed by atoms with E-state index in [0.29, 0.717) is 19.5 Å². The van der Waals surface area contributed by atoms with E-state index in [9.17, 15) is 18.0 Å². The van der Waals surface area contributed by atoms with E-state index in [4.69, 9.17) is 4.74 Å². The van der Waals surface area contributed by atoms with Crippen LogP contribution in [0.4, 0.5) is 18.0 Å². The van der Waals surface area contributed by atoms with Gasteiger partial charge in [-0.1, -0.05) is 30.0 Å². The van der Waals surface area contributed by atoms with Crippen LogP contribution >= 0.6 is 0 Å². The molecule has 1 amide bonds. The van der Waals surface area contributed by atoms with Crippen LogP contribution in [0.5, 0.6) is 0 Å². The van der Waals surface area contributed by atoms with Crippen molar-refractivity contribution in [3.8, 4) is 11.8 Å². The van der Waals surface area contributed by atoms with Gasteiger partial charge in [-0.05, 0) is 39.3 Å². The second-order valence-corrected chi connectivity index (χ2v) is 6.70. The van der Waals surface area contributed by atoms with Gasteiger partial charge >= 0.3 is 12.3 Å². The fourth-order valence-electron chi connectivity index (χ4n) is 2.26. The van der Waals surface area contributed by atoms with Gasteiger partial charge in [0.1, 0.15) is 5.60 Å². The predicted molar refractivity (Wildman–Crippen MR) is 88.8 cm³/mol. The summed E-state index contributed by atoms with van der Waals surface area (Å²) in [6.07, 6.45) is -2.60. The first-order chi connectivity index (χ1) is 11.6. The molecule has 0 saturated carbocycles. The standard InChI is InChI=1S/C19H20F3NO2/c1-18(2,3)25-17(24)23-12-10-14(11-13-23)8-9-15-6-4-5-7-16(15)19(20,21)22/h4-7,10H,11-13H2,1-3H3. The molecule has 1 aromatic rings. The molecule has 2 rings (SSSR count). The van der Waals surface area contributed by atoms with Crippen LogP contribution in [0, 0.1) is 11.8 Å². The highest BCUT2D eigenvalue weighted by Crippen LogP contribution is 2.31. The number of benzene rings is 1. The summed E-state index contributed by atoms with van der Waals surface area (Å²) < 4.78 is 44.1. The molecule has 0 spiro atoms. The van der Waals surface area contributed by atoms with Crippen molar-refractivity contribution >= 4 is 6.09 Å². The SMILES string of the molecule is CC(C)(C)OC(=O)N1CC=C(C#Cc2ccccc2C(F)(F)F)CC1. The Bertz CT molecular complexity index is 734. The number of rotatable bonds is 0. The molecule has 0 unspecified atom stereocenters. The largest absolute Gasteiger partial charge is 0.444 e. The van der Waals surface area contributed by atoms with Crippen molar-refractivity contribution in [1.29, 1.82) is 0 Å². The van der Waals surface area contributed by atoms with Gasteiger partial charge in [-0.15, -0.1) is 0 Å². The first-order valence-electron chi connectivity index (χ1n) is 7.91. The highest BCUT2D eigenvalue weighted by atomic mass is 19.4. The molecule has 1 aromatic carbocycles. The topological polar surface area (TPSA) is 29.5 Å². The third-order valence-corrected chi connectivity index (χ3v) is 3.45. The van der Waals surface area contributed by atoms with Crippen LogP contribution in [0.3, 0.4) is 0 Å². The van der Waals surface area contributed by atoms with Crippen LogP contribution < -0.4 is 0 Å². The minimum absolute atomic E-state index is 0.0505. The van der Waals surface area contributed by atoms with Gasteiger partial charge in [0.15, 0.2) is 0 Å². The van der Waals surface area contributed by atoms with Crippen molar-refractivity contribution in [3.05, 3.63) is 47.0 Å². The number of hydrogen-bond acceptors (Lipinski definition) is 2. The Morgan fingerprint density at radius 2 is 1.84 bits per heavy atom. The summed E-state index contributed by atoms with van der Waals surface area (Å²) >= 11 is 0. The lowest BCUT2D eigenvalue weighted by Crippen LogP contribution is -2.39. The minimum Gasteiger partial charge on any atom is -0.444 e. The molecule has 25 heavy (non-hydrogen) atoms. The number of alkyl halides is 3. The van der Waals surface area contributed by atoms with E-state index in [-0.39, 0.29) is 5.56 Å². The molecule has 0 saturated heterocycles. The van der Waals surface area contributed by atoms with Crippen LogP contribution in [-0.2, 0) is 10.9 Å². The monoisotopic (exact) mass is 351 g/mol. The molecule has 6 heteroatoms. The van der Waals surface area contributed by atoms with Crippen molar-refractivity contribution in [3.63, 3.8) is 0 Å². The maximum Gasteiger partial charge on any atom is 0.417 e. The number of nitrogens with zero attached hydrogens (tertiary/aromatic N) is 1. The summed E-state index contributed by atoms with van der Waals surface area (Å²) in [7, 11) is 0. The number of amides is 1. The average Bonchev–Trinajstić information content (AvgIpc) is 2.51. The van der Waals surface area contributed by atoms with Gasteiger partial charge in [0, 0.05) is 24.2 Å². The third-order valence-electron chi connectivity index (χ3n) is 3.45. The first-order valence-corrected chi connectivity index (χ1v) is 7.91. The van der Waals surface area contributed by atoms with Crippen LogP contribution in [0.25, 0.3) is 0 Å². The number of carbonyl (C=O) groups excluding carboxylic acids is 1. The maximum atomic E-state index is 12.9. The van der Waals surface area contributed by atoms with Crippen LogP contribution in [0.15, 0.2) is 35.9 Å².